The molecule has 1 aromatic heterocycles. The maximum absolute atomic E-state index is 5.42. The van der Waals surface area contributed by atoms with Crippen LogP contribution in [-0.4, -0.2) is 51.0 Å². The fourth-order valence-corrected chi connectivity index (χ4v) is 1.81. The van der Waals surface area contributed by atoms with Gasteiger partial charge in [0.2, 0.25) is 0 Å². The highest BCUT2D eigenvalue weighted by molar-refractivity contribution is 14.0. The lowest BCUT2D eigenvalue weighted by Crippen LogP contribution is -2.38. The van der Waals surface area contributed by atoms with Crippen LogP contribution < -0.4 is 10.6 Å². The predicted octanol–water partition coefficient (Wildman–Crippen LogP) is 2.12. The molecule has 0 fully saturated rings. The molecule has 0 saturated heterocycles. The Labute approximate surface area is 156 Å². The normalized spacial score (nSPS) is 11.0. The number of aryl methyl sites for hydroxylation is 1. The van der Waals surface area contributed by atoms with Crippen molar-refractivity contribution >= 4 is 29.9 Å². The molecule has 23 heavy (non-hydrogen) atoms. The average Bonchev–Trinajstić information content (AvgIpc) is 2.51. The van der Waals surface area contributed by atoms with E-state index < -0.39 is 0 Å². The van der Waals surface area contributed by atoms with Crippen LogP contribution >= 0.6 is 24.0 Å². The molecule has 0 saturated carbocycles. The molecular formula is C16H29IN4O2. The molecule has 1 rings (SSSR count). The van der Waals surface area contributed by atoms with Gasteiger partial charge in [-0.3, -0.25) is 4.98 Å². The summed E-state index contributed by atoms with van der Waals surface area (Å²) < 4.78 is 10.3. The van der Waals surface area contributed by atoms with Crippen LogP contribution in [0.15, 0.2) is 23.2 Å². The van der Waals surface area contributed by atoms with Gasteiger partial charge >= 0.3 is 0 Å². The Morgan fingerprint density at radius 2 is 2.04 bits per heavy atom. The molecule has 0 spiro atoms. The predicted molar refractivity (Wildman–Crippen MR) is 105 cm³/mol. The smallest absolute Gasteiger partial charge is 0.191 e. The van der Waals surface area contributed by atoms with E-state index >= 15 is 0 Å². The van der Waals surface area contributed by atoms with Crippen molar-refractivity contribution in [2.45, 2.75) is 26.8 Å². The molecule has 2 N–H and O–H groups in total. The van der Waals surface area contributed by atoms with E-state index in [-0.39, 0.29) is 24.0 Å². The van der Waals surface area contributed by atoms with Crippen molar-refractivity contribution in [2.75, 3.05) is 40.0 Å². The lowest BCUT2D eigenvalue weighted by molar-refractivity contribution is 0.0698. The fraction of sp³-hybridized carbons (Fsp3) is 0.625. The number of methoxy groups -OCH3 is 1. The van der Waals surface area contributed by atoms with Crippen molar-refractivity contribution in [3.63, 3.8) is 0 Å². The summed E-state index contributed by atoms with van der Waals surface area (Å²) in [6.07, 6.45) is 0.927. The van der Waals surface area contributed by atoms with Crippen molar-refractivity contribution in [1.82, 2.24) is 15.6 Å². The number of aliphatic imine (C=N–C) groups is 1. The van der Waals surface area contributed by atoms with Crippen molar-refractivity contribution in [3.05, 3.63) is 29.6 Å². The Morgan fingerprint density at radius 3 is 2.74 bits per heavy atom. The highest BCUT2D eigenvalue weighted by Crippen LogP contribution is 1.99. The second-order valence-electron chi connectivity index (χ2n) is 4.85. The zero-order valence-corrected chi connectivity index (χ0v) is 16.6. The van der Waals surface area contributed by atoms with Gasteiger partial charge in [-0.25, -0.2) is 4.99 Å². The van der Waals surface area contributed by atoms with Crippen molar-refractivity contribution < 1.29 is 9.47 Å². The Kier molecular flexibility index (Phi) is 14.1. The quantitative estimate of drug-likeness (QED) is 0.255. The molecule has 0 bridgehead atoms. The molecule has 0 unspecified atom stereocenters. The highest BCUT2D eigenvalue weighted by Gasteiger charge is 1.98. The molecule has 1 aromatic rings. The molecule has 0 aromatic carbocycles. The van der Waals surface area contributed by atoms with E-state index in [1.54, 1.807) is 7.11 Å². The van der Waals surface area contributed by atoms with Crippen LogP contribution in [-0.2, 0) is 16.0 Å². The third-order valence-corrected chi connectivity index (χ3v) is 2.88. The van der Waals surface area contributed by atoms with Crippen LogP contribution in [0.4, 0.5) is 0 Å². The van der Waals surface area contributed by atoms with Gasteiger partial charge in [0.15, 0.2) is 5.96 Å². The van der Waals surface area contributed by atoms with Gasteiger partial charge in [0, 0.05) is 32.5 Å². The summed E-state index contributed by atoms with van der Waals surface area (Å²) in [6.45, 7) is 8.26. The number of rotatable bonds is 10. The summed E-state index contributed by atoms with van der Waals surface area (Å²) in [7, 11) is 1.67. The summed E-state index contributed by atoms with van der Waals surface area (Å²) in [5, 5.41) is 6.53. The lowest BCUT2D eigenvalue weighted by Gasteiger charge is -2.11. The minimum Gasteiger partial charge on any atom is -0.382 e. The number of hydrogen-bond donors (Lipinski definition) is 2. The second-order valence-corrected chi connectivity index (χ2v) is 4.85. The first-order chi connectivity index (χ1) is 10.8. The zero-order valence-electron chi connectivity index (χ0n) is 14.3. The van der Waals surface area contributed by atoms with Crippen molar-refractivity contribution in [3.8, 4) is 0 Å². The maximum atomic E-state index is 5.42. The fourth-order valence-electron chi connectivity index (χ4n) is 1.81. The van der Waals surface area contributed by atoms with E-state index in [0.717, 1.165) is 43.5 Å². The molecule has 0 aliphatic rings. The van der Waals surface area contributed by atoms with E-state index in [9.17, 15) is 0 Å². The first kappa shape index (κ1) is 22.1. The van der Waals surface area contributed by atoms with Gasteiger partial charge in [-0.2, -0.15) is 0 Å². The zero-order chi connectivity index (χ0) is 16.0. The summed E-state index contributed by atoms with van der Waals surface area (Å²) in [6, 6.07) is 5.98. The summed E-state index contributed by atoms with van der Waals surface area (Å²) in [4.78, 5) is 8.99. The number of nitrogens with zero attached hydrogens (tertiary/aromatic N) is 2. The van der Waals surface area contributed by atoms with E-state index in [4.69, 9.17) is 9.47 Å². The Morgan fingerprint density at radius 1 is 1.22 bits per heavy atom. The Hall–Kier alpha value is -0.930. The third-order valence-electron chi connectivity index (χ3n) is 2.88. The molecule has 132 valence electrons. The molecule has 0 radical (unpaired) electrons. The van der Waals surface area contributed by atoms with Gasteiger partial charge in [-0.05, 0) is 32.4 Å². The van der Waals surface area contributed by atoms with Crippen LogP contribution in [0.25, 0.3) is 0 Å². The minimum absolute atomic E-state index is 0. The number of ether oxygens (including phenoxy) is 2. The second kappa shape index (κ2) is 14.6. The SMILES string of the molecule is CCNC(=NCc1cccc(C)n1)NCCCOCCOC.I. The van der Waals surface area contributed by atoms with E-state index in [2.05, 4.69) is 27.5 Å². The van der Waals surface area contributed by atoms with Gasteiger partial charge in [0.1, 0.15) is 0 Å². The van der Waals surface area contributed by atoms with Crippen molar-refractivity contribution in [2.24, 2.45) is 4.99 Å². The molecule has 7 heteroatoms. The molecule has 0 aliphatic heterocycles. The molecule has 0 amide bonds. The van der Waals surface area contributed by atoms with Gasteiger partial charge in [-0.1, -0.05) is 6.07 Å². The Balaban J connectivity index is 0.00000484. The van der Waals surface area contributed by atoms with Crippen LogP contribution in [0.2, 0.25) is 0 Å². The highest BCUT2D eigenvalue weighted by atomic mass is 127. The van der Waals surface area contributed by atoms with Crippen molar-refractivity contribution in [1.29, 1.82) is 0 Å². The van der Waals surface area contributed by atoms with Gasteiger partial charge < -0.3 is 20.1 Å². The summed E-state index contributed by atoms with van der Waals surface area (Å²) in [5.41, 5.74) is 1.99. The number of guanidine groups is 1. The Bertz CT molecular complexity index is 444. The van der Waals surface area contributed by atoms with E-state index in [0.29, 0.717) is 19.8 Å². The van der Waals surface area contributed by atoms with E-state index in [1.165, 1.54) is 0 Å². The molecular weight excluding hydrogens is 407 g/mol. The first-order valence-electron chi connectivity index (χ1n) is 7.77. The number of hydrogen-bond acceptors (Lipinski definition) is 4. The van der Waals surface area contributed by atoms with Crippen LogP contribution in [0.3, 0.4) is 0 Å². The average molecular weight is 436 g/mol. The molecule has 0 aliphatic carbocycles. The first-order valence-corrected chi connectivity index (χ1v) is 7.77. The summed E-state index contributed by atoms with van der Waals surface area (Å²) in [5.74, 6) is 0.808. The summed E-state index contributed by atoms with van der Waals surface area (Å²) >= 11 is 0. The van der Waals surface area contributed by atoms with Gasteiger partial charge in [0.25, 0.3) is 0 Å². The number of pyridine rings is 1. The maximum Gasteiger partial charge on any atom is 0.191 e. The lowest BCUT2D eigenvalue weighted by atomic mass is 10.3. The standard InChI is InChI=1S/C16H28N4O2.HI/c1-4-17-16(18-9-6-10-22-12-11-21-3)19-13-15-8-5-7-14(2)20-15;/h5,7-8H,4,6,9-13H2,1-3H3,(H2,17,18,19);1H. The van der Waals surface area contributed by atoms with Gasteiger partial charge in [-0.15, -0.1) is 24.0 Å². The third kappa shape index (κ3) is 11.3. The number of aromatic nitrogens is 1. The number of halogens is 1. The minimum atomic E-state index is 0. The molecule has 1 heterocycles. The van der Waals surface area contributed by atoms with Crippen LogP contribution in [0.1, 0.15) is 24.7 Å². The molecule has 0 atom stereocenters. The molecule has 6 nitrogen and oxygen atoms in total. The van der Waals surface area contributed by atoms with E-state index in [1.807, 2.05) is 25.1 Å². The topological polar surface area (TPSA) is 67.8 Å². The van der Waals surface area contributed by atoms with Crippen LogP contribution in [0, 0.1) is 6.92 Å². The van der Waals surface area contributed by atoms with Gasteiger partial charge in [0.05, 0.1) is 25.5 Å². The largest absolute Gasteiger partial charge is 0.382 e. The van der Waals surface area contributed by atoms with Crippen LogP contribution in [0.5, 0.6) is 0 Å². The number of nitrogens with one attached hydrogen (secondary N) is 2. The monoisotopic (exact) mass is 436 g/mol.